The van der Waals surface area contributed by atoms with Crippen LogP contribution in [-0.4, -0.2) is 5.91 Å². The third-order valence-electron chi connectivity index (χ3n) is 3.94. The van der Waals surface area contributed by atoms with E-state index in [1.165, 1.54) is 11.1 Å². The Hall–Kier alpha value is -2.09. The van der Waals surface area contributed by atoms with Crippen molar-refractivity contribution in [2.45, 2.75) is 46.1 Å². The average molecular weight is 295 g/mol. The number of nitrogens with one attached hydrogen (secondary N) is 1. The molecule has 1 N–H and O–H groups in total. The molecule has 1 atom stereocenters. The molecule has 1 amide bonds. The average Bonchev–Trinajstić information content (AvgIpc) is 2.47. The van der Waals surface area contributed by atoms with Gasteiger partial charge in [0.05, 0.1) is 6.04 Å². The quantitative estimate of drug-likeness (QED) is 0.867. The van der Waals surface area contributed by atoms with Crippen LogP contribution in [0.25, 0.3) is 0 Å². The Morgan fingerprint density at radius 3 is 2.00 bits per heavy atom. The van der Waals surface area contributed by atoms with Crippen LogP contribution in [0.2, 0.25) is 0 Å². The maximum Gasteiger partial charge on any atom is 0.251 e. The van der Waals surface area contributed by atoms with Crippen molar-refractivity contribution in [3.63, 3.8) is 0 Å². The summed E-state index contributed by atoms with van der Waals surface area (Å²) < 4.78 is 0. The van der Waals surface area contributed by atoms with E-state index in [0.29, 0.717) is 5.56 Å². The van der Waals surface area contributed by atoms with Crippen molar-refractivity contribution in [2.24, 2.45) is 0 Å². The van der Waals surface area contributed by atoms with E-state index < -0.39 is 0 Å². The van der Waals surface area contributed by atoms with Gasteiger partial charge >= 0.3 is 0 Å². The summed E-state index contributed by atoms with van der Waals surface area (Å²) in [5, 5.41) is 3.05. The Labute approximate surface area is 133 Å². The summed E-state index contributed by atoms with van der Waals surface area (Å²) in [7, 11) is 0. The number of rotatable bonds is 3. The van der Waals surface area contributed by atoms with Crippen molar-refractivity contribution in [1.29, 1.82) is 0 Å². The first kappa shape index (κ1) is 16.3. The number of benzene rings is 2. The lowest BCUT2D eigenvalue weighted by molar-refractivity contribution is 0.0940. The van der Waals surface area contributed by atoms with Crippen LogP contribution in [0.15, 0.2) is 48.5 Å². The topological polar surface area (TPSA) is 29.1 Å². The van der Waals surface area contributed by atoms with Gasteiger partial charge in [-0.3, -0.25) is 4.79 Å². The lowest BCUT2D eigenvalue weighted by Gasteiger charge is -2.19. The van der Waals surface area contributed by atoms with Crippen LogP contribution in [0, 0.1) is 6.92 Å². The molecule has 0 saturated carbocycles. The summed E-state index contributed by atoms with van der Waals surface area (Å²) in [6.07, 6.45) is 0. The highest BCUT2D eigenvalue weighted by Gasteiger charge is 2.15. The number of carbonyl (C=O) groups is 1. The van der Waals surface area contributed by atoms with Crippen LogP contribution < -0.4 is 5.32 Å². The largest absolute Gasteiger partial charge is 0.346 e. The molecule has 116 valence electrons. The summed E-state index contributed by atoms with van der Waals surface area (Å²) in [5.74, 6) is -0.0338. The number of carbonyl (C=O) groups excluding carboxylic acids is 1. The van der Waals surface area contributed by atoms with Crippen LogP contribution in [0.5, 0.6) is 0 Å². The lowest BCUT2D eigenvalue weighted by Crippen LogP contribution is -2.26. The monoisotopic (exact) mass is 295 g/mol. The predicted octanol–water partition coefficient (Wildman–Crippen LogP) is 4.78. The van der Waals surface area contributed by atoms with Crippen molar-refractivity contribution in [2.75, 3.05) is 0 Å². The highest BCUT2D eigenvalue weighted by atomic mass is 16.1. The first-order valence-electron chi connectivity index (χ1n) is 7.75. The summed E-state index contributed by atoms with van der Waals surface area (Å²) in [6, 6.07) is 16.1. The smallest absolute Gasteiger partial charge is 0.251 e. The van der Waals surface area contributed by atoms with Gasteiger partial charge in [0, 0.05) is 5.56 Å². The van der Waals surface area contributed by atoms with Crippen LogP contribution in [-0.2, 0) is 5.41 Å². The zero-order valence-electron chi connectivity index (χ0n) is 14.1. The van der Waals surface area contributed by atoms with E-state index in [-0.39, 0.29) is 17.4 Å². The van der Waals surface area contributed by atoms with E-state index in [4.69, 9.17) is 0 Å². The summed E-state index contributed by atoms with van der Waals surface area (Å²) in [6.45, 7) is 10.6. The van der Waals surface area contributed by atoms with Gasteiger partial charge in [-0.15, -0.1) is 0 Å². The van der Waals surface area contributed by atoms with Crippen molar-refractivity contribution in [3.05, 3.63) is 70.8 Å². The van der Waals surface area contributed by atoms with E-state index in [9.17, 15) is 4.79 Å². The molecule has 0 saturated heterocycles. The molecule has 0 aliphatic carbocycles. The first-order valence-corrected chi connectivity index (χ1v) is 7.75. The number of aryl methyl sites for hydroxylation is 1. The number of amides is 1. The number of hydrogen-bond acceptors (Lipinski definition) is 1. The van der Waals surface area contributed by atoms with E-state index >= 15 is 0 Å². The Bertz CT molecular complexity index is 633. The summed E-state index contributed by atoms with van der Waals surface area (Å²) in [5.41, 5.74) is 4.37. The fraction of sp³-hybridized carbons (Fsp3) is 0.350. The van der Waals surface area contributed by atoms with Gasteiger partial charge in [-0.1, -0.05) is 62.7 Å². The van der Waals surface area contributed by atoms with E-state index in [2.05, 4.69) is 57.3 Å². The zero-order chi connectivity index (χ0) is 16.3. The van der Waals surface area contributed by atoms with Crippen LogP contribution in [0.1, 0.15) is 60.8 Å². The second-order valence-corrected chi connectivity index (χ2v) is 6.93. The molecule has 2 nitrogen and oxygen atoms in total. The number of hydrogen-bond donors (Lipinski definition) is 1. The van der Waals surface area contributed by atoms with Gasteiger partial charge in [0.1, 0.15) is 0 Å². The molecule has 2 rings (SSSR count). The molecular formula is C20H25NO. The molecule has 0 aliphatic rings. The summed E-state index contributed by atoms with van der Waals surface area (Å²) >= 11 is 0. The minimum absolute atomic E-state index is 0.00427. The second kappa shape index (κ2) is 6.35. The molecule has 0 radical (unpaired) electrons. The van der Waals surface area contributed by atoms with Gasteiger partial charge in [0.2, 0.25) is 0 Å². The van der Waals surface area contributed by atoms with Gasteiger partial charge < -0.3 is 5.32 Å². The minimum atomic E-state index is -0.0338. The molecule has 1 unspecified atom stereocenters. The Balaban J connectivity index is 2.07. The highest BCUT2D eigenvalue weighted by molar-refractivity contribution is 5.94. The fourth-order valence-electron chi connectivity index (χ4n) is 2.34. The van der Waals surface area contributed by atoms with Gasteiger partial charge in [0.25, 0.3) is 5.91 Å². The van der Waals surface area contributed by atoms with Gasteiger partial charge in [-0.05, 0) is 42.5 Å². The predicted molar refractivity (Wildman–Crippen MR) is 92.2 cm³/mol. The molecule has 0 aromatic heterocycles. The maximum absolute atomic E-state index is 12.3. The van der Waals surface area contributed by atoms with Crippen molar-refractivity contribution < 1.29 is 4.79 Å². The molecule has 0 fully saturated rings. The van der Waals surface area contributed by atoms with Gasteiger partial charge in [0.15, 0.2) is 0 Å². The van der Waals surface area contributed by atoms with Crippen molar-refractivity contribution in [3.8, 4) is 0 Å². The summed E-state index contributed by atoms with van der Waals surface area (Å²) in [4.78, 5) is 12.3. The van der Waals surface area contributed by atoms with Crippen LogP contribution in [0.3, 0.4) is 0 Å². The van der Waals surface area contributed by atoms with Gasteiger partial charge in [-0.2, -0.15) is 0 Å². The Morgan fingerprint density at radius 2 is 1.50 bits per heavy atom. The van der Waals surface area contributed by atoms with E-state index in [0.717, 1.165) is 5.56 Å². The normalized spacial score (nSPS) is 12.8. The SMILES string of the molecule is Cc1ccc(C(C)NC(=O)c2ccc(C(C)(C)C)cc2)cc1. The molecule has 0 aliphatic heterocycles. The molecule has 0 spiro atoms. The molecule has 22 heavy (non-hydrogen) atoms. The van der Waals surface area contributed by atoms with Gasteiger partial charge in [-0.25, -0.2) is 0 Å². The molecule has 2 aromatic carbocycles. The lowest BCUT2D eigenvalue weighted by atomic mass is 9.86. The second-order valence-electron chi connectivity index (χ2n) is 6.93. The third kappa shape index (κ3) is 3.97. The maximum atomic E-state index is 12.3. The van der Waals surface area contributed by atoms with E-state index in [1.54, 1.807) is 0 Å². The molecule has 0 bridgehead atoms. The standard InChI is InChI=1S/C20H25NO/c1-14-6-8-16(9-7-14)15(2)21-19(22)17-10-12-18(13-11-17)20(3,4)5/h6-13,15H,1-5H3,(H,21,22). The van der Waals surface area contributed by atoms with Crippen LogP contribution >= 0.6 is 0 Å². The van der Waals surface area contributed by atoms with E-state index in [1.807, 2.05) is 31.2 Å². The third-order valence-corrected chi connectivity index (χ3v) is 3.94. The Morgan fingerprint density at radius 1 is 0.955 bits per heavy atom. The highest BCUT2D eigenvalue weighted by Crippen LogP contribution is 2.22. The van der Waals surface area contributed by atoms with Crippen molar-refractivity contribution >= 4 is 5.91 Å². The van der Waals surface area contributed by atoms with Crippen molar-refractivity contribution in [1.82, 2.24) is 5.32 Å². The van der Waals surface area contributed by atoms with Crippen LogP contribution in [0.4, 0.5) is 0 Å². The fourth-order valence-corrected chi connectivity index (χ4v) is 2.34. The molecule has 2 heteroatoms. The molecule has 0 heterocycles. The first-order chi connectivity index (χ1) is 10.3. The minimum Gasteiger partial charge on any atom is -0.346 e. The Kier molecular flexibility index (Phi) is 4.70. The molecular weight excluding hydrogens is 270 g/mol. The molecule has 2 aromatic rings. The zero-order valence-corrected chi connectivity index (χ0v) is 14.1.